The fourth-order valence-corrected chi connectivity index (χ4v) is 1.62. The van der Waals surface area contributed by atoms with Crippen LogP contribution in [0.2, 0.25) is 0 Å². The van der Waals surface area contributed by atoms with Crippen molar-refractivity contribution in [1.29, 1.82) is 0 Å². The normalized spacial score (nSPS) is 10.4. The Kier molecular flexibility index (Phi) is 4.07. The first kappa shape index (κ1) is 13.0. The second-order valence-electron chi connectivity index (χ2n) is 3.90. The zero-order valence-electron chi connectivity index (χ0n) is 10.1. The molecule has 0 amide bonds. The van der Waals surface area contributed by atoms with Gasteiger partial charge in [-0.3, -0.25) is 4.68 Å². The van der Waals surface area contributed by atoms with Gasteiger partial charge in [0.25, 0.3) is 0 Å². The van der Waals surface area contributed by atoms with E-state index in [1.165, 1.54) is 0 Å². The standard InChI is InChI=1S/C12H13FN4O2/c13-9-7-10(12(18)19)11(15-8-9)14-3-1-5-17-6-2-4-16-17/h2,4,6-8H,1,3,5H2,(H,14,15)(H,18,19). The molecule has 2 rings (SSSR count). The van der Waals surface area contributed by atoms with Crippen LogP contribution in [0.25, 0.3) is 0 Å². The molecule has 0 radical (unpaired) electrons. The summed E-state index contributed by atoms with van der Waals surface area (Å²) in [5, 5.41) is 15.9. The molecule has 0 aliphatic rings. The molecule has 7 heteroatoms. The van der Waals surface area contributed by atoms with Gasteiger partial charge in [0, 0.05) is 25.5 Å². The van der Waals surface area contributed by atoms with Crippen molar-refractivity contribution in [3.8, 4) is 0 Å². The molecule has 2 aromatic rings. The Bertz CT molecular complexity index is 557. The van der Waals surface area contributed by atoms with Crippen LogP contribution in [0.5, 0.6) is 0 Å². The number of anilines is 1. The van der Waals surface area contributed by atoms with Gasteiger partial charge < -0.3 is 10.4 Å². The van der Waals surface area contributed by atoms with Crippen molar-refractivity contribution >= 4 is 11.8 Å². The lowest BCUT2D eigenvalue weighted by molar-refractivity contribution is 0.0697. The number of hydrogen-bond acceptors (Lipinski definition) is 4. The predicted octanol–water partition coefficient (Wildman–Crippen LogP) is 1.62. The highest BCUT2D eigenvalue weighted by Crippen LogP contribution is 2.13. The molecular formula is C12H13FN4O2. The summed E-state index contributed by atoms with van der Waals surface area (Å²) >= 11 is 0. The van der Waals surface area contributed by atoms with Crippen LogP contribution in [0, 0.1) is 5.82 Å². The number of aromatic nitrogens is 3. The molecule has 0 aliphatic carbocycles. The topological polar surface area (TPSA) is 80.0 Å². The second-order valence-corrected chi connectivity index (χ2v) is 3.90. The molecule has 0 spiro atoms. The van der Waals surface area contributed by atoms with Crippen molar-refractivity contribution < 1.29 is 14.3 Å². The van der Waals surface area contributed by atoms with Crippen LogP contribution >= 0.6 is 0 Å². The molecule has 0 unspecified atom stereocenters. The van der Waals surface area contributed by atoms with Crippen LogP contribution < -0.4 is 5.32 Å². The van der Waals surface area contributed by atoms with E-state index in [-0.39, 0.29) is 11.4 Å². The average molecular weight is 264 g/mol. The number of halogens is 1. The molecule has 0 saturated carbocycles. The lowest BCUT2D eigenvalue weighted by atomic mass is 10.2. The largest absolute Gasteiger partial charge is 0.478 e. The Morgan fingerprint density at radius 3 is 3.05 bits per heavy atom. The third-order valence-electron chi connectivity index (χ3n) is 2.50. The predicted molar refractivity (Wildman–Crippen MR) is 66.5 cm³/mol. The lowest BCUT2D eigenvalue weighted by Crippen LogP contribution is -2.12. The first-order chi connectivity index (χ1) is 9.16. The van der Waals surface area contributed by atoms with Gasteiger partial charge in [-0.1, -0.05) is 0 Å². The summed E-state index contributed by atoms with van der Waals surface area (Å²) < 4.78 is 14.7. The summed E-state index contributed by atoms with van der Waals surface area (Å²) in [6.07, 6.45) is 5.28. The van der Waals surface area contributed by atoms with Gasteiger partial charge in [-0.25, -0.2) is 14.2 Å². The van der Waals surface area contributed by atoms with Gasteiger partial charge in [-0.2, -0.15) is 5.10 Å². The summed E-state index contributed by atoms with van der Waals surface area (Å²) in [5.74, 6) is -1.70. The molecule has 19 heavy (non-hydrogen) atoms. The van der Waals surface area contributed by atoms with Crippen molar-refractivity contribution in [3.05, 3.63) is 42.1 Å². The Morgan fingerprint density at radius 2 is 2.37 bits per heavy atom. The van der Waals surface area contributed by atoms with Gasteiger partial charge in [0.15, 0.2) is 0 Å². The zero-order valence-corrected chi connectivity index (χ0v) is 10.1. The Morgan fingerprint density at radius 1 is 1.53 bits per heavy atom. The first-order valence-corrected chi connectivity index (χ1v) is 5.77. The van der Waals surface area contributed by atoms with Crippen molar-refractivity contribution in [2.45, 2.75) is 13.0 Å². The number of nitrogens with zero attached hydrogens (tertiary/aromatic N) is 3. The quantitative estimate of drug-likeness (QED) is 0.775. The van der Waals surface area contributed by atoms with E-state index >= 15 is 0 Å². The molecule has 0 aliphatic heterocycles. The minimum Gasteiger partial charge on any atom is -0.478 e. The van der Waals surface area contributed by atoms with E-state index in [4.69, 9.17) is 5.11 Å². The molecule has 0 bridgehead atoms. The minimum atomic E-state index is -1.21. The maximum atomic E-state index is 12.9. The fourth-order valence-electron chi connectivity index (χ4n) is 1.62. The van der Waals surface area contributed by atoms with Gasteiger partial charge >= 0.3 is 5.97 Å². The van der Waals surface area contributed by atoms with E-state index in [0.29, 0.717) is 13.1 Å². The van der Waals surface area contributed by atoms with Crippen molar-refractivity contribution in [2.75, 3.05) is 11.9 Å². The van der Waals surface area contributed by atoms with Crippen LogP contribution in [0.4, 0.5) is 10.2 Å². The van der Waals surface area contributed by atoms with Gasteiger partial charge in [-0.05, 0) is 18.6 Å². The summed E-state index contributed by atoms with van der Waals surface area (Å²) in [6.45, 7) is 1.24. The third-order valence-corrected chi connectivity index (χ3v) is 2.50. The lowest BCUT2D eigenvalue weighted by Gasteiger charge is -2.08. The minimum absolute atomic E-state index is 0.168. The summed E-state index contributed by atoms with van der Waals surface area (Å²) in [7, 11) is 0. The Balaban J connectivity index is 1.90. The summed E-state index contributed by atoms with van der Waals surface area (Å²) in [4.78, 5) is 14.7. The highest BCUT2D eigenvalue weighted by atomic mass is 19.1. The number of rotatable bonds is 6. The number of carbonyl (C=O) groups is 1. The van der Waals surface area contributed by atoms with Gasteiger partial charge in [-0.15, -0.1) is 0 Å². The molecule has 2 N–H and O–H groups in total. The summed E-state index contributed by atoms with van der Waals surface area (Å²) in [6, 6.07) is 2.78. The van der Waals surface area contributed by atoms with E-state index < -0.39 is 11.8 Å². The van der Waals surface area contributed by atoms with E-state index in [2.05, 4.69) is 15.4 Å². The number of aromatic carboxylic acids is 1. The van der Waals surface area contributed by atoms with Crippen LogP contribution in [0.15, 0.2) is 30.7 Å². The van der Waals surface area contributed by atoms with Crippen LogP contribution in [0.1, 0.15) is 16.8 Å². The molecular weight excluding hydrogens is 251 g/mol. The van der Waals surface area contributed by atoms with Crippen LogP contribution in [-0.4, -0.2) is 32.4 Å². The van der Waals surface area contributed by atoms with E-state index in [1.54, 1.807) is 10.9 Å². The van der Waals surface area contributed by atoms with Crippen LogP contribution in [-0.2, 0) is 6.54 Å². The molecule has 0 atom stereocenters. The van der Waals surface area contributed by atoms with Gasteiger partial charge in [0.2, 0.25) is 0 Å². The Hall–Kier alpha value is -2.44. The number of aryl methyl sites for hydroxylation is 1. The van der Waals surface area contributed by atoms with E-state index in [9.17, 15) is 9.18 Å². The van der Waals surface area contributed by atoms with E-state index in [1.807, 2.05) is 12.3 Å². The number of hydrogen-bond donors (Lipinski definition) is 2. The molecule has 0 saturated heterocycles. The SMILES string of the molecule is O=C(O)c1cc(F)cnc1NCCCn1cccn1. The third kappa shape index (κ3) is 3.51. The average Bonchev–Trinajstić information content (AvgIpc) is 2.89. The maximum Gasteiger partial charge on any atom is 0.339 e. The molecule has 0 fully saturated rings. The highest BCUT2D eigenvalue weighted by molar-refractivity contribution is 5.93. The van der Waals surface area contributed by atoms with Gasteiger partial charge in [0.1, 0.15) is 17.2 Å². The van der Waals surface area contributed by atoms with Gasteiger partial charge in [0.05, 0.1) is 6.20 Å². The molecule has 2 heterocycles. The monoisotopic (exact) mass is 264 g/mol. The van der Waals surface area contributed by atoms with Crippen molar-refractivity contribution in [3.63, 3.8) is 0 Å². The number of carboxylic acids is 1. The smallest absolute Gasteiger partial charge is 0.339 e. The molecule has 0 aromatic carbocycles. The molecule has 100 valence electrons. The molecule has 2 aromatic heterocycles. The van der Waals surface area contributed by atoms with E-state index in [0.717, 1.165) is 18.7 Å². The number of pyridine rings is 1. The fraction of sp³-hybridized carbons (Fsp3) is 0.250. The van der Waals surface area contributed by atoms with Crippen molar-refractivity contribution in [1.82, 2.24) is 14.8 Å². The Labute approximate surface area is 108 Å². The summed E-state index contributed by atoms with van der Waals surface area (Å²) in [5.41, 5.74) is -0.168. The van der Waals surface area contributed by atoms with Crippen LogP contribution in [0.3, 0.4) is 0 Å². The molecule has 6 nitrogen and oxygen atoms in total. The second kappa shape index (κ2) is 5.94. The highest BCUT2D eigenvalue weighted by Gasteiger charge is 2.12. The number of nitrogens with one attached hydrogen (secondary N) is 1. The first-order valence-electron chi connectivity index (χ1n) is 5.77. The number of carboxylic acid groups (broad SMARTS) is 1. The van der Waals surface area contributed by atoms with Crippen molar-refractivity contribution in [2.24, 2.45) is 0 Å². The zero-order chi connectivity index (χ0) is 13.7. The maximum absolute atomic E-state index is 12.9.